The Kier molecular flexibility index (Phi) is 4.66. The minimum atomic E-state index is -4.09. The third-order valence-corrected chi connectivity index (χ3v) is 4.35. The zero-order valence-corrected chi connectivity index (χ0v) is 12.4. The Morgan fingerprint density at radius 3 is 2.68 bits per heavy atom. The third-order valence-electron chi connectivity index (χ3n) is 3.43. The Morgan fingerprint density at radius 2 is 2.00 bits per heavy atom. The Morgan fingerprint density at radius 1 is 1.26 bits per heavy atom. The zero-order chi connectivity index (χ0) is 14.0. The summed E-state index contributed by atoms with van der Waals surface area (Å²) < 4.78 is 39.0. The molecule has 1 aliphatic carbocycles. The van der Waals surface area contributed by atoms with Gasteiger partial charge in [0.25, 0.3) is 0 Å². The van der Waals surface area contributed by atoms with Crippen LogP contribution >= 0.6 is 27.5 Å². The standard InChI is InChI=1S/C13H14BrClF3N/c14-11-5-4-9(15)7-12(11)19-10-3-1-2-8(6-10)13(16,17)18/h4-5,7-8,10,19H,1-3,6H2. The Labute approximate surface area is 123 Å². The summed E-state index contributed by atoms with van der Waals surface area (Å²) >= 11 is 9.26. The number of hydrogen-bond acceptors (Lipinski definition) is 1. The van der Waals surface area contributed by atoms with Crippen molar-refractivity contribution in [3.05, 3.63) is 27.7 Å². The lowest BCUT2D eigenvalue weighted by Crippen LogP contribution is -2.34. The summed E-state index contributed by atoms with van der Waals surface area (Å²) in [5, 5.41) is 3.72. The molecule has 1 N–H and O–H groups in total. The van der Waals surface area contributed by atoms with Crippen LogP contribution in [0.3, 0.4) is 0 Å². The van der Waals surface area contributed by atoms with E-state index in [-0.39, 0.29) is 18.9 Å². The molecule has 1 nitrogen and oxygen atoms in total. The number of halogens is 5. The number of alkyl halides is 3. The molecule has 6 heteroatoms. The van der Waals surface area contributed by atoms with Gasteiger partial charge in [0.15, 0.2) is 0 Å². The van der Waals surface area contributed by atoms with Crippen LogP contribution in [0.2, 0.25) is 5.02 Å². The van der Waals surface area contributed by atoms with Crippen molar-refractivity contribution < 1.29 is 13.2 Å². The van der Waals surface area contributed by atoms with E-state index in [1.54, 1.807) is 18.2 Å². The van der Waals surface area contributed by atoms with E-state index in [0.717, 1.165) is 16.6 Å². The molecule has 2 atom stereocenters. The Hall–Kier alpha value is -0.420. The van der Waals surface area contributed by atoms with Crippen molar-refractivity contribution in [2.45, 2.75) is 37.9 Å². The maximum atomic E-state index is 12.7. The van der Waals surface area contributed by atoms with Crippen LogP contribution in [0.25, 0.3) is 0 Å². The second-order valence-electron chi connectivity index (χ2n) is 4.87. The molecular weight excluding hydrogens is 343 g/mol. The van der Waals surface area contributed by atoms with E-state index in [1.807, 2.05) is 0 Å². The molecule has 1 fully saturated rings. The SMILES string of the molecule is FC(F)(F)C1CCCC(Nc2cc(Cl)ccc2Br)C1. The maximum Gasteiger partial charge on any atom is 0.391 e. The zero-order valence-electron chi connectivity index (χ0n) is 10.1. The average Bonchev–Trinajstić information content (AvgIpc) is 2.33. The quantitative estimate of drug-likeness (QED) is 0.723. The molecule has 19 heavy (non-hydrogen) atoms. The Bertz CT molecular complexity index is 450. The van der Waals surface area contributed by atoms with Gasteiger partial charge in [0.1, 0.15) is 0 Å². The van der Waals surface area contributed by atoms with E-state index in [2.05, 4.69) is 21.2 Å². The highest BCUT2D eigenvalue weighted by molar-refractivity contribution is 9.10. The molecule has 0 aromatic heterocycles. The van der Waals surface area contributed by atoms with Gasteiger partial charge in [0, 0.05) is 15.5 Å². The molecule has 0 bridgehead atoms. The maximum absolute atomic E-state index is 12.7. The van der Waals surface area contributed by atoms with Crippen LogP contribution in [0.4, 0.5) is 18.9 Å². The molecule has 106 valence electrons. The predicted molar refractivity (Wildman–Crippen MR) is 74.6 cm³/mol. The fourth-order valence-electron chi connectivity index (χ4n) is 2.45. The molecule has 0 aliphatic heterocycles. The summed E-state index contributed by atoms with van der Waals surface area (Å²) in [6, 6.07) is 5.09. The second kappa shape index (κ2) is 5.92. The number of benzene rings is 1. The van der Waals surface area contributed by atoms with E-state index in [1.165, 1.54) is 0 Å². The van der Waals surface area contributed by atoms with Crippen molar-refractivity contribution in [2.24, 2.45) is 5.92 Å². The molecule has 2 unspecified atom stereocenters. The van der Waals surface area contributed by atoms with Crippen molar-refractivity contribution >= 4 is 33.2 Å². The summed E-state index contributed by atoms with van der Waals surface area (Å²) in [5.41, 5.74) is 0.750. The van der Waals surface area contributed by atoms with Crippen LogP contribution in [-0.4, -0.2) is 12.2 Å². The summed E-state index contributed by atoms with van der Waals surface area (Å²) in [4.78, 5) is 0. The van der Waals surface area contributed by atoms with Gasteiger partial charge in [0.2, 0.25) is 0 Å². The van der Waals surface area contributed by atoms with Crippen molar-refractivity contribution in [3.8, 4) is 0 Å². The van der Waals surface area contributed by atoms with Crippen LogP contribution < -0.4 is 5.32 Å². The third kappa shape index (κ3) is 4.02. The minimum Gasteiger partial charge on any atom is -0.381 e. The number of rotatable bonds is 2. The Balaban J connectivity index is 2.05. The molecule has 1 saturated carbocycles. The molecule has 1 aliphatic rings. The van der Waals surface area contributed by atoms with E-state index in [9.17, 15) is 13.2 Å². The van der Waals surface area contributed by atoms with Gasteiger partial charge in [-0.2, -0.15) is 13.2 Å². The van der Waals surface area contributed by atoms with Crippen molar-refractivity contribution in [1.29, 1.82) is 0 Å². The number of hydrogen-bond donors (Lipinski definition) is 1. The van der Waals surface area contributed by atoms with E-state index in [0.29, 0.717) is 11.4 Å². The van der Waals surface area contributed by atoms with Gasteiger partial charge in [0.05, 0.1) is 11.6 Å². The van der Waals surface area contributed by atoms with Crippen molar-refractivity contribution in [3.63, 3.8) is 0 Å². The van der Waals surface area contributed by atoms with Crippen LogP contribution in [0.1, 0.15) is 25.7 Å². The van der Waals surface area contributed by atoms with Crippen molar-refractivity contribution in [2.75, 3.05) is 5.32 Å². The average molecular weight is 357 g/mol. The summed E-state index contributed by atoms with van der Waals surface area (Å²) in [5.74, 6) is -1.20. The molecule has 0 amide bonds. The molecule has 0 radical (unpaired) electrons. The molecule has 2 rings (SSSR count). The second-order valence-corrected chi connectivity index (χ2v) is 6.16. The first-order chi connectivity index (χ1) is 8.86. The molecule has 0 saturated heterocycles. The summed E-state index contributed by atoms with van der Waals surface area (Å²) in [7, 11) is 0. The predicted octanol–water partition coefficient (Wildman–Crippen LogP) is 5.64. The first kappa shape index (κ1) is 15.0. The van der Waals surface area contributed by atoms with E-state index in [4.69, 9.17) is 11.6 Å². The highest BCUT2D eigenvalue weighted by Crippen LogP contribution is 2.39. The van der Waals surface area contributed by atoms with Gasteiger partial charge in [-0.1, -0.05) is 18.0 Å². The van der Waals surface area contributed by atoms with E-state index >= 15 is 0 Å². The van der Waals surface area contributed by atoms with Gasteiger partial charge in [-0.25, -0.2) is 0 Å². The minimum absolute atomic E-state index is 0.127. The summed E-state index contributed by atoms with van der Waals surface area (Å²) in [6.45, 7) is 0. The van der Waals surface area contributed by atoms with Gasteiger partial charge in [-0.15, -0.1) is 0 Å². The van der Waals surface area contributed by atoms with Gasteiger partial charge < -0.3 is 5.32 Å². The molecule has 1 aromatic rings. The normalized spacial score (nSPS) is 24.3. The lowest BCUT2D eigenvalue weighted by Gasteiger charge is -2.31. The van der Waals surface area contributed by atoms with Crippen LogP contribution in [0, 0.1) is 5.92 Å². The lowest BCUT2D eigenvalue weighted by molar-refractivity contribution is -0.182. The highest BCUT2D eigenvalue weighted by Gasteiger charge is 2.42. The lowest BCUT2D eigenvalue weighted by atomic mass is 9.85. The molecule has 1 aromatic carbocycles. The highest BCUT2D eigenvalue weighted by atomic mass is 79.9. The number of nitrogens with one attached hydrogen (secondary N) is 1. The van der Waals surface area contributed by atoms with Crippen LogP contribution in [0.5, 0.6) is 0 Å². The summed E-state index contributed by atoms with van der Waals surface area (Å²) in [6.07, 6.45) is -2.38. The fourth-order valence-corrected chi connectivity index (χ4v) is 2.98. The van der Waals surface area contributed by atoms with Gasteiger partial charge in [-0.05, 0) is 53.4 Å². The fraction of sp³-hybridized carbons (Fsp3) is 0.538. The smallest absolute Gasteiger partial charge is 0.381 e. The number of anilines is 1. The van der Waals surface area contributed by atoms with Gasteiger partial charge in [-0.3, -0.25) is 0 Å². The molecule has 0 spiro atoms. The van der Waals surface area contributed by atoms with Crippen molar-refractivity contribution in [1.82, 2.24) is 0 Å². The topological polar surface area (TPSA) is 12.0 Å². The first-order valence-electron chi connectivity index (χ1n) is 6.14. The monoisotopic (exact) mass is 355 g/mol. The molecular formula is C13H14BrClF3N. The molecule has 0 heterocycles. The van der Waals surface area contributed by atoms with Gasteiger partial charge >= 0.3 is 6.18 Å². The van der Waals surface area contributed by atoms with Crippen LogP contribution in [0.15, 0.2) is 22.7 Å². The largest absolute Gasteiger partial charge is 0.391 e. The van der Waals surface area contributed by atoms with E-state index < -0.39 is 12.1 Å². The van der Waals surface area contributed by atoms with Crippen LogP contribution in [-0.2, 0) is 0 Å². The first-order valence-corrected chi connectivity index (χ1v) is 7.31.